The number of nitrogens with zero attached hydrogens (tertiary/aromatic N) is 3. The first-order valence-electron chi connectivity index (χ1n) is 7.56. The van der Waals surface area contributed by atoms with Crippen molar-refractivity contribution in [3.05, 3.63) is 22.2 Å². The van der Waals surface area contributed by atoms with Gasteiger partial charge < -0.3 is 15.5 Å². The standard InChI is InChI=1S/C14H23N5O2/c1-2-15-13-7-6-12(19(20)21)14(17-13)16-8-11-18-9-4-3-5-10-18/h6-7H,2-5,8-11H2,1H3,(H2,15,16,17). The normalized spacial score (nSPS) is 15.7. The van der Waals surface area contributed by atoms with E-state index in [1.54, 1.807) is 6.07 Å². The monoisotopic (exact) mass is 293 g/mol. The van der Waals surface area contributed by atoms with Crippen molar-refractivity contribution in [2.24, 2.45) is 0 Å². The van der Waals surface area contributed by atoms with Crippen molar-refractivity contribution >= 4 is 17.3 Å². The van der Waals surface area contributed by atoms with E-state index in [4.69, 9.17) is 0 Å². The molecule has 1 fully saturated rings. The lowest BCUT2D eigenvalue weighted by Gasteiger charge is -2.26. The molecule has 0 aromatic carbocycles. The van der Waals surface area contributed by atoms with Gasteiger partial charge in [0.1, 0.15) is 5.82 Å². The van der Waals surface area contributed by atoms with Crippen LogP contribution in [0.3, 0.4) is 0 Å². The second-order valence-electron chi connectivity index (χ2n) is 5.18. The molecule has 0 atom stereocenters. The van der Waals surface area contributed by atoms with E-state index in [2.05, 4.69) is 20.5 Å². The molecule has 0 spiro atoms. The van der Waals surface area contributed by atoms with Gasteiger partial charge in [0.2, 0.25) is 5.82 Å². The molecule has 2 heterocycles. The van der Waals surface area contributed by atoms with Gasteiger partial charge in [0.05, 0.1) is 4.92 Å². The van der Waals surface area contributed by atoms with Crippen molar-refractivity contribution < 1.29 is 4.92 Å². The summed E-state index contributed by atoms with van der Waals surface area (Å²) in [5, 5.41) is 17.2. The van der Waals surface area contributed by atoms with Crippen LogP contribution < -0.4 is 10.6 Å². The van der Waals surface area contributed by atoms with Crippen LogP contribution in [0.25, 0.3) is 0 Å². The zero-order chi connectivity index (χ0) is 15.1. The van der Waals surface area contributed by atoms with Crippen molar-refractivity contribution in [1.29, 1.82) is 0 Å². The molecular formula is C14H23N5O2. The third-order valence-corrected chi connectivity index (χ3v) is 3.60. The summed E-state index contributed by atoms with van der Waals surface area (Å²) >= 11 is 0. The van der Waals surface area contributed by atoms with Crippen LogP contribution >= 0.6 is 0 Å². The average molecular weight is 293 g/mol. The molecule has 2 rings (SSSR count). The predicted octanol–water partition coefficient (Wildman–Crippen LogP) is 2.32. The summed E-state index contributed by atoms with van der Waals surface area (Å²) < 4.78 is 0. The molecule has 7 nitrogen and oxygen atoms in total. The Kier molecular flexibility index (Phi) is 5.74. The number of piperidine rings is 1. The van der Waals surface area contributed by atoms with Crippen molar-refractivity contribution in [3.63, 3.8) is 0 Å². The lowest BCUT2D eigenvalue weighted by atomic mass is 10.1. The number of likely N-dealkylation sites (tertiary alicyclic amines) is 1. The number of nitrogens with one attached hydrogen (secondary N) is 2. The van der Waals surface area contributed by atoms with Crippen LogP contribution in [0.5, 0.6) is 0 Å². The Morgan fingerprint density at radius 3 is 2.71 bits per heavy atom. The van der Waals surface area contributed by atoms with Gasteiger partial charge >= 0.3 is 5.69 Å². The third kappa shape index (κ3) is 4.56. The van der Waals surface area contributed by atoms with E-state index >= 15 is 0 Å². The maximum Gasteiger partial charge on any atom is 0.311 e. The van der Waals surface area contributed by atoms with Gasteiger partial charge in [0.15, 0.2) is 0 Å². The highest BCUT2D eigenvalue weighted by molar-refractivity contribution is 5.60. The minimum Gasteiger partial charge on any atom is -0.370 e. The second kappa shape index (κ2) is 7.78. The molecule has 1 aromatic rings. The molecule has 2 N–H and O–H groups in total. The molecular weight excluding hydrogens is 270 g/mol. The minimum atomic E-state index is -0.397. The lowest BCUT2D eigenvalue weighted by Crippen LogP contribution is -2.33. The van der Waals surface area contributed by atoms with Crippen LogP contribution in [0.15, 0.2) is 12.1 Å². The Morgan fingerprint density at radius 1 is 1.29 bits per heavy atom. The first-order chi connectivity index (χ1) is 10.2. The molecule has 0 bridgehead atoms. The van der Waals surface area contributed by atoms with Gasteiger partial charge in [-0.2, -0.15) is 0 Å². The molecule has 1 saturated heterocycles. The zero-order valence-corrected chi connectivity index (χ0v) is 12.5. The van der Waals surface area contributed by atoms with Gasteiger partial charge in [-0.25, -0.2) is 4.98 Å². The van der Waals surface area contributed by atoms with E-state index in [0.717, 1.165) is 26.2 Å². The zero-order valence-electron chi connectivity index (χ0n) is 12.5. The molecule has 1 aliphatic rings. The Hall–Kier alpha value is -1.89. The molecule has 7 heteroatoms. The summed E-state index contributed by atoms with van der Waals surface area (Å²) in [5.74, 6) is 0.999. The summed E-state index contributed by atoms with van der Waals surface area (Å²) in [6.45, 7) is 6.50. The van der Waals surface area contributed by atoms with Gasteiger partial charge in [-0.3, -0.25) is 10.1 Å². The number of aromatic nitrogens is 1. The van der Waals surface area contributed by atoms with Crippen LogP contribution in [0, 0.1) is 10.1 Å². The summed E-state index contributed by atoms with van der Waals surface area (Å²) in [7, 11) is 0. The maximum absolute atomic E-state index is 11.1. The van der Waals surface area contributed by atoms with Crippen LogP contribution in [-0.2, 0) is 0 Å². The van der Waals surface area contributed by atoms with Crippen molar-refractivity contribution in [1.82, 2.24) is 9.88 Å². The van der Waals surface area contributed by atoms with E-state index in [-0.39, 0.29) is 5.69 Å². The predicted molar refractivity (Wildman–Crippen MR) is 83.8 cm³/mol. The Bertz CT molecular complexity index is 474. The summed E-state index contributed by atoms with van der Waals surface area (Å²) in [4.78, 5) is 17.3. The van der Waals surface area contributed by atoms with E-state index in [1.165, 1.54) is 25.3 Å². The highest BCUT2D eigenvalue weighted by Crippen LogP contribution is 2.23. The molecule has 0 amide bonds. The smallest absolute Gasteiger partial charge is 0.311 e. The Balaban J connectivity index is 1.95. The van der Waals surface area contributed by atoms with Gasteiger partial charge in [-0.15, -0.1) is 0 Å². The largest absolute Gasteiger partial charge is 0.370 e. The van der Waals surface area contributed by atoms with Gasteiger partial charge in [-0.1, -0.05) is 6.42 Å². The first-order valence-corrected chi connectivity index (χ1v) is 7.56. The van der Waals surface area contributed by atoms with Gasteiger partial charge in [-0.05, 0) is 38.9 Å². The van der Waals surface area contributed by atoms with E-state index < -0.39 is 4.92 Å². The van der Waals surface area contributed by atoms with Crippen molar-refractivity contribution in [3.8, 4) is 0 Å². The van der Waals surface area contributed by atoms with Gasteiger partial charge in [0.25, 0.3) is 0 Å². The molecule has 1 aromatic heterocycles. The molecule has 0 unspecified atom stereocenters. The number of nitro groups is 1. The maximum atomic E-state index is 11.1. The Morgan fingerprint density at radius 2 is 2.05 bits per heavy atom. The molecule has 0 saturated carbocycles. The summed E-state index contributed by atoms with van der Waals surface area (Å²) in [5.41, 5.74) is 0.0234. The highest BCUT2D eigenvalue weighted by Gasteiger charge is 2.16. The molecule has 1 aliphatic heterocycles. The fraction of sp³-hybridized carbons (Fsp3) is 0.643. The SMILES string of the molecule is CCNc1ccc([N+](=O)[O-])c(NCCN2CCCCC2)n1. The van der Waals surface area contributed by atoms with Crippen molar-refractivity contribution in [2.75, 3.05) is 43.4 Å². The number of anilines is 2. The van der Waals surface area contributed by atoms with Crippen LogP contribution in [0.2, 0.25) is 0 Å². The molecule has 0 aliphatic carbocycles. The number of pyridine rings is 1. The Labute approximate surface area is 124 Å². The third-order valence-electron chi connectivity index (χ3n) is 3.60. The summed E-state index contributed by atoms with van der Waals surface area (Å²) in [6.07, 6.45) is 3.80. The van der Waals surface area contributed by atoms with E-state index in [0.29, 0.717) is 18.2 Å². The minimum absolute atomic E-state index is 0.0234. The fourth-order valence-electron chi connectivity index (χ4n) is 2.52. The topological polar surface area (TPSA) is 83.3 Å². The fourth-order valence-corrected chi connectivity index (χ4v) is 2.52. The van der Waals surface area contributed by atoms with Gasteiger partial charge in [0, 0.05) is 25.7 Å². The van der Waals surface area contributed by atoms with Crippen LogP contribution in [0.1, 0.15) is 26.2 Å². The molecule has 21 heavy (non-hydrogen) atoms. The number of hydrogen-bond acceptors (Lipinski definition) is 6. The highest BCUT2D eigenvalue weighted by atomic mass is 16.6. The second-order valence-corrected chi connectivity index (χ2v) is 5.18. The molecule has 0 radical (unpaired) electrons. The van der Waals surface area contributed by atoms with E-state index in [1.807, 2.05) is 6.92 Å². The average Bonchev–Trinajstić information content (AvgIpc) is 2.49. The van der Waals surface area contributed by atoms with E-state index in [9.17, 15) is 10.1 Å². The lowest BCUT2D eigenvalue weighted by molar-refractivity contribution is -0.384. The van der Waals surface area contributed by atoms with Crippen LogP contribution in [0.4, 0.5) is 17.3 Å². The van der Waals surface area contributed by atoms with Crippen LogP contribution in [-0.4, -0.2) is 47.5 Å². The quantitative estimate of drug-likeness (QED) is 0.593. The number of rotatable bonds is 7. The summed E-state index contributed by atoms with van der Waals surface area (Å²) in [6, 6.07) is 3.13. The van der Waals surface area contributed by atoms with Crippen molar-refractivity contribution in [2.45, 2.75) is 26.2 Å². The first kappa shape index (κ1) is 15.5. The number of hydrogen-bond donors (Lipinski definition) is 2. The molecule has 116 valence electrons.